The van der Waals surface area contributed by atoms with Gasteiger partial charge in [-0.2, -0.15) is 0 Å². The molecule has 2 aromatic heterocycles. The molecule has 4 bridgehead atoms. The Morgan fingerprint density at radius 1 is 1.18 bits per heavy atom. The monoisotopic (exact) mass is 564 g/mol. The Morgan fingerprint density at radius 2 is 2.08 bits per heavy atom. The Bertz CT molecular complexity index is 1360. The summed E-state index contributed by atoms with van der Waals surface area (Å²) in [5.41, 5.74) is 1.27. The van der Waals surface area contributed by atoms with Gasteiger partial charge in [-0.3, -0.25) is 19.4 Å². The molecule has 1 fully saturated rings. The van der Waals surface area contributed by atoms with Crippen molar-refractivity contribution in [3.63, 3.8) is 0 Å². The van der Waals surface area contributed by atoms with Gasteiger partial charge in [-0.05, 0) is 48.7 Å². The molecule has 2 N–H and O–H groups in total. The van der Waals surface area contributed by atoms with E-state index in [1.54, 1.807) is 24.3 Å². The van der Waals surface area contributed by atoms with Crippen LogP contribution in [0, 0.1) is 0 Å². The first kappa shape index (κ1) is 27.8. The van der Waals surface area contributed by atoms with E-state index < -0.39 is 0 Å². The van der Waals surface area contributed by atoms with Gasteiger partial charge in [0.05, 0.1) is 42.0 Å². The van der Waals surface area contributed by atoms with Crippen molar-refractivity contribution in [1.29, 1.82) is 0 Å². The molecule has 2 aliphatic rings. The highest BCUT2D eigenvalue weighted by atomic mass is 32.1. The number of hydrogen-bond acceptors (Lipinski definition) is 8. The predicted molar refractivity (Wildman–Crippen MR) is 148 cm³/mol. The van der Waals surface area contributed by atoms with E-state index in [1.807, 2.05) is 36.4 Å². The number of carbonyl (C=O) groups is 3. The third-order valence-corrected chi connectivity index (χ3v) is 7.83. The summed E-state index contributed by atoms with van der Waals surface area (Å²) in [5.74, 6) is 0.537. The summed E-state index contributed by atoms with van der Waals surface area (Å²) in [6.45, 7) is 1.97. The lowest BCUT2D eigenvalue weighted by atomic mass is 10.0. The number of thiophene rings is 1. The minimum absolute atomic E-state index is 0.0650. The SMILES string of the molecule is COCc1ccc(C(=O)N2CC[C@@H]3OCc4cccc(c4)Oc4cncc(c4)C(=O)NCCCC(=O)N[C@H]3C2)s1. The third-order valence-electron chi connectivity index (χ3n) is 6.78. The van der Waals surface area contributed by atoms with Gasteiger partial charge in [0, 0.05) is 44.2 Å². The lowest BCUT2D eigenvalue weighted by molar-refractivity contribution is -0.124. The number of fused-ring (bicyclic) bond motifs is 5. The van der Waals surface area contributed by atoms with E-state index in [-0.39, 0.29) is 36.3 Å². The fourth-order valence-corrected chi connectivity index (χ4v) is 5.74. The molecular formula is C29H32N4O6S. The number of benzene rings is 1. The number of rotatable bonds is 3. The van der Waals surface area contributed by atoms with Crippen molar-refractivity contribution in [3.05, 3.63) is 75.7 Å². The smallest absolute Gasteiger partial charge is 0.264 e. The number of nitrogens with zero attached hydrogens (tertiary/aromatic N) is 2. The van der Waals surface area contributed by atoms with E-state index in [0.29, 0.717) is 67.6 Å². The summed E-state index contributed by atoms with van der Waals surface area (Å²) in [7, 11) is 1.63. The maximum atomic E-state index is 13.3. The molecule has 210 valence electrons. The minimum Gasteiger partial charge on any atom is -0.456 e. The zero-order valence-corrected chi connectivity index (χ0v) is 23.1. The standard InChI is InChI=1S/C29H32N4O6S/c1-37-18-23-7-8-26(40-23)29(36)33-11-9-25-24(16-33)32-27(34)6-3-10-31-28(35)20-13-22(15-30-14-20)39-21-5-2-4-19(12-21)17-38-25/h2,4-5,7-8,12-15,24-25H,3,6,9-11,16-18H2,1H3,(H,31,35)(H,32,34)/t24-,25-/m0/s1. The van der Waals surface area contributed by atoms with Crippen molar-refractivity contribution >= 4 is 29.1 Å². The van der Waals surface area contributed by atoms with Gasteiger partial charge in [-0.15, -0.1) is 11.3 Å². The summed E-state index contributed by atoms with van der Waals surface area (Å²) in [6.07, 6.45) is 4.03. The summed E-state index contributed by atoms with van der Waals surface area (Å²) < 4.78 is 17.5. The second kappa shape index (κ2) is 13.0. The minimum atomic E-state index is -0.373. The number of likely N-dealkylation sites (tertiary alicyclic amines) is 1. The van der Waals surface area contributed by atoms with Crippen molar-refractivity contribution in [2.75, 3.05) is 26.7 Å². The van der Waals surface area contributed by atoms with Crippen molar-refractivity contribution in [2.45, 2.75) is 44.6 Å². The van der Waals surface area contributed by atoms with Crippen molar-refractivity contribution in [3.8, 4) is 11.5 Å². The van der Waals surface area contributed by atoms with Gasteiger partial charge in [0.25, 0.3) is 11.8 Å². The van der Waals surface area contributed by atoms with Crippen LogP contribution in [-0.2, 0) is 27.5 Å². The van der Waals surface area contributed by atoms with Crippen LogP contribution < -0.4 is 15.4 Å². The first-order chi connectivity index (χ1) is 19.5. The molecule has 2 aliphatic heterocycles. The van der Waals surface area contributed by atoms with Crippen LogP contribution in [0.3, 0.4) is 0 Å². The molecule has 0 unspecified atom stereocenters. The zero-order chi connectivity index (χ0) is 27.9. The average molecular weight is 565 g/mol. The lowest BCUT2D eigenvalue weighted by Gasteiger charge is -2.38. The Labute approximate surface area is 236 Å². The fraction of sp³-hybridized carbons (Fsp3) is 0.379. The van der Waals surface area contributed by atoms with Crippen molar-refractivity contribution in [2.24, 2.45) is 0 Å². The molecule has 0 saturated carbocycles. The van der Waals surface area contributed by atoms with E-state index >= 15 is 0 Å². The third kappa shape index (κ3) is 7.04. The summed E-state index contributed by atoms with van der Waals surface area (Å²) >= 11 is 1.42. The fourth-order valence-electron chi connectivity index (χ4n) is 4.79. The topological polar surface area (TPSA) is 119 Å². The van der Waals surface area contributed by atoms with Crippen LogP contribution in [-0.4, -0.2) is 66.5 Å². The molecule has 11 heteroatoms. The number of carbonyl (C=O) groups excluding carboxylic acids is 3. The molecule has 3 amide bonds. The highest BCUT2D eigenvalue weighted by Crippen LogP contribution is 2.25. The van der Waals surface area contributed by atoms with Crippen LogP contribution in [0.4, 0.5) is 0 Å². The van der Waals surface area contributed by atoms with Crippen LogP contribution in [0.25, 0.3) is 0 Å². The number of pyridine rings is 1. The molecule has 10 nitrogen and oxygen atoms in total. The molecular weight excluding hydrogens is 532 g/mol. The van der Waals surface area contributed by atoms with Crippen LogP contribution in [0.15, 0.2) is 54.9 Å². The van der Waals surface area contributed by atoms with E-state index in [1.165, 1.54) is 17.5 Å². The second-order valence-corrected chi connectivity index (χ2v) is 10.9. The van der Waals surface area contributed by atoms with Crippen LogP contribution in [0.5, 0.6) is 11.5 Å². The zero-order valence-electron chi connectivity index (χ0n) is 22.3. The number of nitrogens with one attached hydrogen (secondary N) is 2. The second-order valence-electron chi connectivity index (χ2n) is 9.78. The number of aromatic nitrogens is 1. The molecule has 0 radical (unpaired) electrons. The molecule has 0 spiro atoms. The van der Waals surface area contributed by atoms with Crippen molar-refractivity contribution in [1.82, 2.24) is 20.5 Å². The normalized spacial score (nSPS) is 20.3. The number of ether oxygens (including phenoxy) is 3. The molecule has 3 aromatic rings. The Balaban J connectivity index is 1.32. The molecule has 2 atom stereocenters. The van der Waals surface area contributed by atoms with Gasteiger partial charge in [-0.25, -0.2) is 0 Å². The van der Waals surface area contributed by atoms with Gasteiger partial charge in [0.15, 0.2) is 0 Å². The quantitative estimate of drug-likeness (QED) is 0.500. The first-order valence-electron chi connectivity index (χ1n) is 13.3. The van der Waals surface area contributed by atoms with E-state index in [4.69, 9.17) is 14.2 Å². The summed E-state index contributed by atoms with van der Waals surface area (Å²) in [4.78, 5) is 46.3. The Kier molecular flexibility index (Phi) is 9.04. The van der Waals surface area contributed by atoms with Crippen LogP contribution in [0.2, 0.25) is 0 Å². The summed E-state index contributed by atoms with van der Waals surface area (Å²) in [5, 5.41) is 5.92. The molecule has 5 rings (SSSR count). The van der Waals surface area contributed by atoms with E-state index in [0.717, 1.165) is 10.4 Å². The number of methoxy groups -OCH3 is 1. The van der Waals surface area contributed by atoms with E-state index in [9.17, 15) is 14.4 Å². The molecule has 4 heterocycles. The number of hydrogen-bond donors (Lipinski definition) is 2. The molecule has 40 heavy (non-hydrogen) atoms. The average Bonchev–Trinajstić information content (AvgIpc) is 3.43. The highest BCUT2D eigenvalue weighted by molar-refractivity contribution is 7.14. The number of amides is 3. The van der Waals surface area contributed by atoms with Crippen LogP contribution in [0.1, 0.15) is 49.7 Å². The maximum absolute atomic E-state index is 13.3. The van der Waals surface area contributed by atoms with Gasteiger partial charge in [0.2, 0.25) is 5.91 Å². The van der Waals surface area contributed by atoms with Crippen LogP contribution >= 0.6 is 11.3 Å². The Hall–Kier alpha value is -3.80. The van der Waals surface area contributed by atoms with Crippen molar-refractivity contribution < 1.29 is 28.6 Å². The predicted octanol–water partition coefficient (Wildman–Crippen LogP) is 3.52. The largest absolute Gasteiger partial charge is 0.456 e. The number of piperidine rings is 1. The maximum Gasteiger partial charge on any atom is 0.264 e. The van der Waals surface area contributed by atoms with Gasteiger partial charge >= 0.3 is 0 Å². The molecule has 0 aliphatic carbocycles. The van der Waals surface area contributed by atoms with E-state index in [2.05, 4.69) is 15.6 Å². The molecule has 1 saturated heterocycles. The van der Waals surface area contributed by atoms with Gasteiger partial charge in [-0.1, -0.05) is 12.1 Å². The first-order valence-corrected chi connectivity index (χ1v) is 14.1. The van der Waals surface area contributed by atoms with Gasteiger partial charge in [0.1, 0.15) is 11.5 Å². The lowest BCUT2D eigenvalue weighted by Crippen LogP contribution is -2.57. The summed E-state index contributed by atoms with van der Waals surface area (Å²) in [6, 6.07) is 12.5. The Morgan fingerprint density at radius 3 is 2.95 bits per heavy atom. The molecule has 1 aromatic carbocycles. The highest BCUT2D eigenvalue weighted by Gasteiger charge is 2.34. The van der Waals surface area contributed by atoms with Gasteiger partial charge < -0.3 is 29.7 Å².